The number of hydrogen-bond acceptors (Lipinski definition) is 4. The first-order valence-corrected chi connectivity index (χ1v) is 10.3. The van der Waals surface area contributed by atoms with Gasteiger partial charge in [0.1, 0.15) is 0 Å². The predicted molar refractivity (Wildman–Crippen MR) is 115 cm³/mol. The Morgan fingerprint density at radius 3 is 2.76 bits per heavy atom. The van der Waals surface area contributed by atoms with Gasteiger partial charge in [-0.15, -0.1) is 0 Å². The Morgan fingerprint density at radius 2 is 2.00 bits per heavy atom. The molecule has 1 atom stereocenters. The predicted octanol–water partition coefficient (Wildman–Crippen LogP) is 3.79. The van der Waals surface area contributed by atoms with Crippen LogP contribution in [0, 0.1) is 0 Å². The third-order valence-electron chi connectivity index (χ3n) is 4.96. The van der Waals surface area contributed by atoms with Gasteiger partial charge in [-0.05, 0) is 49.7 Å². The van der Waals surface area contributed by atoms with Crippen LogP contribution in [0.2, 0.25) is 0 Å². The highest BCUT2D eigenvalue weighted by molar-refractivity contribution is 8.02. The van der Waals surface area contributed by atoms with Crippen LogP contribution < -0.4 is 10.2 Å². The Balaban J connectivity index is 1.57. The van der Waals surface area contributed by atoms with Crippen LogP contribution >= 0.6 is 11.8 Å². The van der Waals surface area contributed by atoms with Crippen molar-refractivity contribution in [1.82, 2.24) is 9.78 Å². The second kappa shape index (κ2) is 7.75. The Bertz CT molecular complexity index is 1050. The maximum Gasteiger partial charge on any atom is 0.252 e. The number of carbonyl (C=O) groups is 2. The lowest BCUT2D eigenvalue weighted by Crippen LogP contribution is -2.54. The highest BCUT2D eigenvalue weighted by Crippen LogP contribution is 2.45. The fourth-order valence-electron chi connectivity index (χ4n) is 3.43. The summed E-state index contributed by atoms with van der Waals surface area (Å²) in [6.45, 7) is 4.74. The molecule has 29 heavy (non-hydrogen) atoms. The molecule has 148 valence electrons. The van der Waals surface area contributed by atoms with Crippen molar-refractivity contribution in [3.63, 3.8) is 0 Å². The lowest BCUT2D eigenvalue weighted by Gasteiger charge is -2.38. The van der Waals surface area contributed by atoms with Crippen LogP contribution in [0.3, 0.4) is 0 Å². The standard InChI is InChI=1S/C22H22N4O2S/c1-3-26-18-10-4-5-11-19(18)29-22(2,21(26)28)20(27)24-17-9-6-8-16(14-17)15-25-13-7-12-23-25/h4-14H,3,15H2,1-2H3,(H,24,27). The number of amides is 2. The number of anilines is 2. The first-order valence-electron chi connectivity index (χ1n) is 9.49. The molecule has 4 rings (SSSR count). The number of benzene rings is 2. The number of carbonyl (C=O) groups excluding carboxylic acids is 2. The molecule has 1 aliphatic heterocycles. The van der Waals surface area contributed by atoms with E-state index in [1.807, 2.05) is 72.4 Å². The molecular formula is C22H22N4O2S. The van der Waals surface area contributed by atoms with Gasteiger partial charge in [0.15, 0.2) is 4.75 Å². The van der Waals surface area contributed by atoms with Gasteiger partial charge in [0.25, 0.3) is 5.91 Å². The lowest BCUT2D eigenvalue weighted by molar-refractivity contribution is -0.128. The van der Waals surface area contributed by atoms with E-state index in [4.69, 9.17) is 0 Å². The van der Waals surface area contributed by atoms with E-state index in [0.29, 0.717) is 18.8 Å². The number of rotatable bonds is 5. The summed E-state index contributed by atoms with van der Waals surface area (Å²) < 4.78 is 0.584. The fourth-order valence-corrected chi connectivity index (χ4v) is 4.64. The van der Waals surface area contributed by atoms with E-state index in [0.717, 1.165) is 16.1 Å². The zero-order chi connectivity index (χ0) is 20.4. The van der Waals surface area contributed by atoms with Crippen molar-refractivity contribution >= 4 is 35.0 Å². The molecule has 1 aliphatic rings. The van der Waals surface area contributed by atoms with E-state index in [1.165, 1.54) is 11.8 Å². The molecule has 0 fully saturated rings. The van der Waals surface area contributed by atoms with Crippen LogP contribution in [-0.4, -0.2) is 32.9 Å². The molecule has 1 N–H and O–H groups in total. The molecule has 2 amide bonds. The number of hydrogen-bond donors (Lipinski definition) is 1. The fraction of sp³-hybridized carbons (Fsp3) is 0.227. The minimum atomic E-state index is -1.23. The molecule has 6 nitrogen and oxygen atoms in total. The molecule has 0 saturated carbocycles. The number of aromatic nitrogens is 2. The molecule has 2 aromatic carbocycles. The van der Waals surface area contributed by atoms with Crippen molar-refractivity contribution in [2.24, 2.45) is 0 Å². The molecule has 0 aliphatic carbocycles. The van der Waals surface area contributed by atoms with Gasteiger partial charge < -0.3 is 10.2 Å². The number of para-hydroxylation sites is 1. The minimum absolute atomic E-state index is 0.200. The van der Waals surface area contributed by atoms with Gasteiger partial charge in [-0.1, -0.05) is 36.0 Å². The molecule has 0 spiro atoms. The van der Waals surface area contributed by atoms with Crippen LogP contribution in [0.25, 0.3) is 0 Å². The summed E-state index contributed by atoms with van der Waals surface area (Å²) in [6, 6.07) is 17.2. The van der Waals surface area contributed by atoms with E-state index in [-0.39, 0.29) is 11.8 Å². The zero-order valence-electron chi connectivity index (χ0n) is 16.3. The second-order valence-corrected chi connectivity index (χ2v) is 8.47. The van der Waals surface area contributed by atoms with Crippen molar-refractivity contribution < 1.29 is 9.59 Å². The molecule has 2 heterocycles. The van der Waals surface area contributed by atoms with Crippen molar-refractivity contribution in [2.75, 3.05) is 16.8 Å². The maximum absolute atomic E-state index is 13.2. The highest BCUT2D eigenvalue weighted by atomic mass is 32.2. The van der Waals surface area contributed by atoms with Gasteiger partial charge in [0, 0.05) is 29.5 Å². The molecule has 1 unspecified atom stereocenters. The SMILES string of the molecule is CCN1C(=O)C(C)(C(=O)Nc2cccc(Cn3cccn3)c2)Sc2ccccc21. The van der Waals surface area contributed by atoms with Crippen molar-refractivity contribution in [2.45, 2.75) is 30.0 Å². The number of nitrogens with zero attached hydrogens (tertiary/aromatic N) is 3. The van der Waals surface area contributed by atoms with Crippen LogP contribution in [0.1, 0.15) is 19.4 Å². The summed E-state index contributed by atoms with van der Waals surface area (Å²) in [4.78, 5) is 29.0. The second-order valence-electron chi connectivity index (χ2n) is 7.01. The third kappa shape index (κ3) is 3.65. The van der Waals surface area contributed by atoms with E-state index in [2.05, 4.69) is 10.4 Å². The van der Waals surface area contributed by atoms with Crippen LogP contribution in [-0.2, 0) is 16.1 Å². The normalized spacial score (nSPS) is 18.4. The number of thioether (sulfide) groups is 1. The van der Waals surface area contributed by atoms with Gasteiger partial charge in [-0.25, -0.2) is 0 Å². The largest absolute Gasteiger partial charge is 0.324 e. The monoisotopic (exact) mass is 406 g/mol. The Hall–Kier alpha value is -3.06. The average molecular weight is 407 g/mol. The van der Waals surface area contributed by atoms with Gasteiger partial charge in [-0.3, -0.25) is 14.3 Å². The topological polar surface area (TPSA) is 67.2 Å². The van der Waals surface area contributed by atoms with Gasteiger partial charge >= 0.3 is 0 Å². The molecule has 1 aromatic heterocycles. The molecule has 0 saturated heterocycles. The van der Waals surface area contributed by atoms with E-state index in [9.17, 15) is 9.59 Å². The first kappa shape index (κ1) is 19.3. The zero-order valence-corrected chi connectivity index (χ0v) is 17.1. The summed E-state index contributed by atoms with van der Waals surface area (Å²) >= 11 is 1.30. The quantitative estimate of drug-likeness (QED) is 0.655. The van der Waals surface area contributed by atoms with Gasteiger partial charge in [0.05, 0.1) is 12.2 Å². The molecule has 3 aromatic rings. The number of fused-ring (bicyclic) bond motifs is 1. The van der Waals surface area contributed by atoms with Crippen LogP contribution in [0.5, 0.6) is 0 Å². The summed E-state index contributed by atoms with van der Waals surface area (Å²) in [6.07, 6.45) is 3.62. The average Bonchev–Trinajstić information content (AvgIpc) is 3.22. The first-order chi connectivity index (χ1) is 14.0. The number of nitrogens with one attached hydrogen (secondary N) is 1. The minimum Gasteiger partial charge on any atom is -0.324 e. The molecular weight excluding hydrogens is 384 g/mol. The van der Waals surface area contributed by atoms with Crippen molar-refractivity contribution in [1.29, 1.82) is 0 Å². The van der Waals surface area contributed by atoms with Crippen molar-refractivity contribution in [3.8, 4) is 0 Å². The Labute approximate surface area is 173 Å². The summed E-state index contributed by atoms with van der Waals surface area (Å²) in [5.41, 5.74) is 2.53. The summed E-state index contributed by atoms with van der Waals surface area (Å²) in [5.74, 6) is -0.523. The third-order valence-corrected chi connectivity index (χ3v) is 6.29. The Kier molecular flexibility index (Phi) is 5.15. The molecule has 0 radical (unpaired) electrons. The lowest BCUT2D eigenvalue weighted by atomic mass is 10.1. The molecule has 0 bridgehead atoms. The maximum atomic E-state index is 13.2. The summed E-state index contributed by atoms with van der Waals surface area (Å²) in [7, 11) is 0. The van der Waals surface area contributed by atoms with E-state index >= 15 is 0 Å². The van der Waals surface area contributed by atoms with E-state index in [1.54, 1.807) is 18.0 Å². The Morgan fingerprint density at radius 1 is 1.17 bits per heavy atom. The van der Waals surface area contributed by atoms with Gasteiger partial charge in [-0.2, -0.15) is 5.10 Å². The van der Waals surface area contributed by atoms with Crippen LogP contribution in [0.4, 0.5) is 11.4 Å². The smallest absolute Gasteiger partial charge is 0.252 e. The van der Waals surface area contributed by atoms with Crippen LogP contribution in [0.15, 0.2) is 71.9 Å². The van der Waals surface area contributed by atoms with Crippen molar-refractivity contribution in [3.05, 3.63) is 72.6 Å². The van der Waals surface area contributed by atoms with Gasteiger partial charge in [0.2, 0.25) is 5.91 Å². The summed E-state index contributed by atoms with van der Waals surface area (Å²) in [5, 5.41) is 7.15. The molecule has 7 heteroatoms. The van der Waals surface area contributed by atoms with E-state index < -0.39 is 4.75 Å². The highest BCUT2D eigenvalue weighted by Gasteiger charge is 2.48.